The average molecular weight is 314 g/mol. The predicted molar refractivity (Wildman–Crippen MR) is 86.5 cm³/mol. The van der Waals surface area contributed by atoms with Crippen molar-refractivity contribution in [2.75, 3.05) is 13.2 Å². The van der Waals surface area contributed by atoms with Gasteiger partial charge in [-0.2, -0.15) is 5.26 Å². The van der Waals surface area contributed by atoms with Crippen molar-refractivity contribution in [3.63, 3.8) is 0 Å². The molecule has 1 unspecified atom stereocenters. The van der Waals surface area contributed by atoms with Crippen LogP contribution >= 0.6 is 0 Å². The zero-order valence-electron chi connectivity index (χ0n) is 14.2. The largest absolute Gasteiger partial charge is 0.414 e. The molecule has 0 amide bonds. The number of aliphatic hydroxyl groups is 1. The van der Waals surface area contributed by atoms with Gasteiger partial charge >= 0.3 is 0 Å². The summed E-state index contributed by atoms with van der Waals surface area (Å²) in [6, 6.07) is 2.32. The highest BCUT2D eigenvalue weighted by Gasteiger charge is 2.37. The van der Waals surface area contributed by atoms with Crippen LogP contribution in [0.25, 0.3) is 0 Å². The molecular formula is C16H31NO3Si. The van der Waals surface area contributed by atoms with Crippen molar-refractivity contribution in [2.45, 2.75) is 76.8 Å². The van der Waals surface area contributed by atoms with E-state index in [1.54, 1.807) is 0 Å². The first kappa shape index (κ1) is 18.6. The van der Waals surface area contributed by atoms with Crippen LogP contribution in [0.5, 0.6) is 0 Å². The van der Waals surface area contributed by atoms with Crippen molar-refractivity contribution in [1.29, 1.82) is 5.26 Å². The molecule has 1 atom stereocenters. The second kappa shape index (κ2) is 7.73. The number of hydrogen-bond acceptors (Lipinski definition) is 4. The lowest BCUT2D eigenvalue weighted by molar-refractivity contribution is -0.0403. The first-order chi connectivity index (χ1) is 9.65. The average Bonchev–Trinajstić information content (AvgIpc) is 2.42. The minimum Gasteiger partial charge on any atom is -0.414 e. The highest BCUT2D eigenvalue weighted by Crippen LogP contribution is 2.36. The first-order valence-corrected chi connectivity index (χ1v) is 10.9. The summed E-state index contributed by atoms with van der Waals surface area (Å²) in [4.78, 5) is 0. The van der Waals surface area contributed by atoms with Crippen LogP contribution in [0.3, 0.4) is 0 Å². The topological polar surface area (TPSA) is 62.5 Å². The maximum absolute atomic E-state index is 10.0. The molecule has 0 bridgehead atoms. The van der Waals surface area contributed by atoms with Gasteiger partial charge in [-0.3, -0.25) is 0 Å². The highest BCUT2D eigenvalue weighted by atomic mass is 28.4. The molecule has 0 aromatic carbocycles. The first-order valence-electron chi connectivity index (χ1n) is 7.99. The molecule has 0 aliphatic heterocycles. The van der Waals surface area contributed by atoms with E-state index in [0.29, 0.717) is 13.2 Å². The summed E-state index contributed by atoms with van der Waals surface area (Å²) in [6.45, 7) is 11.6. The van der Waals surface area contributed by atoms with Crippen LogP contribution in [-0.4, -0.2) is 38.8 Å². The summed E-state index contributed by atoms with van der Waals surface area (Å²) in [6.07, 6.45) is 3.31. The summed E-state index contributed by atoms with van der Waals surface area (Å²) in [7, 11) is -1.80. The Kier molecular flexibility index (Phi) is 6.86. The molecule has 1 N–H and O–H groups in total. The molecule has 0 saturated heterocycles. The van der Waals surface area contributed by atoms with Gasteiger partial charge in [0.05, 0.1) is 31.5 Å². The molecule has 0 aromatic heterocycles. The molecule has 0 aromatic rings. The van der Waals surface area contributed by atoms with Crippen molar-refractivity contribution in [3.8, 4) is 6.07 Å². The molecule has 21 heavy (non-hydrogen) atoms. The Morgan fingerprint density at radius 3 is 2.24 bits per heavy atom. The summed E-state index contributed by atoms with van der Waals surface area (Å²) in [5.74, 6) is 0.191. The Balaban J connectivity index is 2.23. The molecule has 1 aliphatic carbocycles. The van der Waals surface area contributed by atoms with Gasteiger partial charge in [0.25, 0.3) is 0 Å². The molecule has 4 nitrogen and oxygen atoms in total. The molecule has 0 spiro atoms. The van der Waals surface area contributed by atoms with E-state index >= 15 is 0 Å². The van der Waals surface area contributed by atoms with E-state index in [1.165, 1.54) is 0 Å². The lowest BCUT2D eigenvalue weighted by Crippen LogP contribution is -2.43. The Labute approximate surface area is 130 Å². The van der Waals surface area contributed by atoms with Crippen molar-refractivity contribution in [3.05, 3.63) is 0 Å². The molecule has 0 heterocycles. The Morgan fingerprint density at radius 2 is 1.76 bits per heavy atom. The van der Waals surface area contributed by atoms with Gasteiger partial charge in [0, 0.05) is 5.92 Å². The fourth-order valence-corrected chi connectivity index (χ4v) is 3.22. The van der Waals surface area contributed by atoms with E-state index in [9.17, 15) is 5.11 Å². The molecule has 1 fully saturated rings. The van der Waals surface area contributed by atoms with Gasteiger partial charge in [-0.15, -0.1) is 0 Å². The van der Waals surface area contributed by atoms with E-state index < -0.39 is 14.4 Å². The molecule has 1 aliphatic rings. The standard InChI is InChI=1S/C16H31NO3Si/c1-16(2,3)21(4,5)20-12-14(18)11-19-15-8-6-13(10-17)7-9-15/h13-15,18H,6-9,11-12H2,1-5H3. The maximum Gasteiger partial charge on any atom is 0.192 e. The van der Waals surface area contributed by atoms with Gasteiger partial charge in [-0.1, -0.05) is 20.8 Å². The van der Waals surface area contributed by atoms with Crippen LogP contribution in [-0.2, 0) is 9.16 Å². The number of nitriles is 1. The quantitative estimate of drug-likeness (QED) is 0.763. The highest BCUT2D eigenvalue weighted by molar-refractivity contribution is 6.74. The number of hydrogen-bond donors (Lipinski definition) is 1. The lowest BCUT2D eigenvalue weighted by atomic mass is 9.88. The van der Waals surface area contributed by atoms with E-state index in [4.69, 9.17) is 14.4 Å². The summed E-state index contributed by atoms with van der Waals surface area (Å²) < 4.78 is 11.8. The van der Waals surface area contributed by atoms with Gasteiger partial charge in [-0.05, 0) is 43.8 Å². The van der Waals surface area contributed by atoms with Crippen molar-refractivity contribution >= 4 is 8.32 Å². The van der Waals surface area contributed by atoms with Crippen molar-refractivity contribution in [2.24, 2.45) is 5.92 Å². The summed E-state index contributed by atoms with van der Waals surface area (Å²) >= 11 is 0. The smallest absolute Gasteiger partial charge is 0.192 e. The molecule has 0 radical (unpaired) electrons. The molecule has 122 valence electrons. The second-order valence-corrected chi connectivity index (χ2v) is 12.5. The van der Waals surface area contributed by atoms with E-state index in [0.717, 1.165) is 25.7 Å². The molecular weight excluding hydrogens is 282 g/mol. The SMILES string of the molecule is CC(C)(C)[Si](C)(C)OCC(O)COC1CCC(C#N)CC1. The lowest BCUT2D eigenvalue weighted by Gasteiger charge is -2.36. The Bertz CT molecular complexity index is 352. The van der Waals surface area contributed by atoms with Gasteiger partial charge in [0.15, 0.2) is 8.32 Å². The van der Waals surface area contributed by atoms with Crippen LogP contribution < -0.4 is 0 Å². The minimum absolute atomic E-state index is 0.156. The normalized spacial score (nSPS) is 25.4. The zero-order valence-corrected chi connectivity index (χ0v) is 15.2. The molecule has 5 heteroatoms. The fourth-order valence-electron chi connectivity index (χ4n) is 2.17. The van der Waals surface area contributed by atoms with Crippen LogP contribution in [0.15, 0.2) is 0 Å². The van der Waals surface area contributed by atoms with Crippen LogP contribution in [0.4, 0.5) is 0 Å². The van der Waals surface area contributed by atoms with Crippen LogP contribution in [0.1, 0.15) is 46.5 Å². The van der Waals surface area contributed by atoms with Gasteiger partial charge < -0.3 is 14.3 Å². The third-order valence-electron chi connectivity index (χ3n) is 4.82. The number of nitrogens with zero attached hydrogens (tertiary/aromatic N) is 1. The Morgan fingerprint density at radius 1 is 1.19 bits per heavy atom. The molecule has 1 saturated carbocycles. The van der Waals surface area contributed by atoms with E-state index in [-0.39, 0.29) is 17.1 Å². The van der Waals surface area contributed by atoms with Gasteiger partial charge in [0.1, 0.15) is 0 Å². The predicted octanol–water partition coefficient (Wildman–Crippen LogP) is 3.47. The number of aliphatic hydroxyl groups excluding tert-OH is 1. The van der Waals surface area contributed by atoms with E-state index in [1.807, 2.05) is 0 Å². The van der Waals surface area contributed by atoms with Crippen LogP contribution in [0.2, 0.25) is 18.1 Å². The second-order valence-electron chi connectivity index (χ2n) is 7.66. The van der Waals surface area contributed by atoms with Gasteiger partial charge in [0.2, 0.25) is 0 Å². The summed E-state index contributed by atoms with van der Waals surface area (Å²) in [5.41, 5.74) is 0. The van der Waals surface area contributed by atoms with E-state index in [2.05, 4.69) is 39.9 Å². The fraction of sp³-hybridized carbons (Fsp3) is 0.938. The van der Waals surface area contributed by atoms with Gasteiger partial charge in [-0.25, -0.2) is 0 Å². The summed E-state index contributed by atoms with van der Waals surface area (Å²) in [5, 5.41) is 19.0. The zero-order chi connectivity index (χ0) is 16.1. The molecule has 1 rings (SSSR count). The minimum atomic E-state index is -1.80. The van der Waals surface area contributed by atoms with Crippen molar-refractivity contribution < 1.29 is 14.3 Å². The van der Waals surface area contributed by atoms with Crippen LogP contribution in [0, 0.1) is 17.2 Å². The third kappa shape index (κ3) is 6.07. The third-order valence-corrected chi connectivity index (χ3v) is 9.32. The Hall–Kier alpha value is -0.413. The number of ether oxygens (including phenoxy) is 1. The maximum atomic E-state index is 10.0. The van der Waals surface area contributed by atoms with Crippen molar-refractivity contribution in [1.82, 2.24) is 0 Å². The monoisotopic (exact) mass is 313 g/mol. The number of rotatable bonds is 6.